The standard InChI is InChI=1S/C43H51N7O5/c1-26(2)36(48-40(52)54-7)38(51)49-20-8-10-35(49)37-44-24-34(46-37)32-18-17-30-22-29(15-16-31(30)23-32)27-11-13-28(14-12-27)33-25-45-39(47-33)43(6)19-9-21-50(43)41(53)55-42(3,4)5/h11-18,22-26,35-36H,8-10,19-21H2,1-7H3,(H,44,46)(H,45,47)(H,48,52)/t35?,36-,43?/m0/s1. The third kappa shape index (κ3) is 7.67. The summed E-state index contributed by atoms with van der Waals surface area (Å²) in [6, 6.07) is 20.4. The number of nitrogens with one attached hydrogen (secondary N) is 3. The first-order valence-corrected chi connectivity index (χ1v) is 19.1. The van der Waals surface area contributed by atoms with Crippen molar-refractivity contribution in [1.82, 2.24) is 35.1 Å². The van der Waals surface area contributed by atoms with E-state index in [4.69, 9.17) is 19.4 Å². The fourth-order valence-corrected chi connectivity index (χ4v) is 7.84. The molecule has 0 radical (unpaired) electrons. The first-order valence-electron chi connectivity index (χ1n) is 19.1. The number of aromatic amines is 2. The normalized spacial score (nSPS) is 19.2. The van der Waals surface area contributed by atoms with Gasteiger partial charge in [0.05, 0.1) is 36.9 Å². The summed E-state index contributed by atoms with van der Waals surface area (Å²) in [7, 11) is 1.30. The minimum atomic E-state index is -0.680. The first kappa shape index (κ1) is 37.7. The fraction of sp³-hybridized carbons (Fsp3) is 0.419. The molecule has 12 nitrogen and oxygen atoms in total. The number of alkyl carbamates (subject to hydrolysis) is 1. The van der Waals surface area contributed by atoms with E-state index >= 15 is 0 Å². The maximum absolute atomic E-state index is 13.6. The molecule has 2 saturated heterocycles. The van der Waals surface area contributed by atoms with Crippen LogP contribution in [0.4, 0.5) is 9.59 Å². The molecule has 2 fully saturated rings. The van der Waals surface area contributed by atoms with Gasteiger partial charge in [0.15, 0.2) is 0 Å². The van der Waals surface area contributed by atoms with Gasteiger partial charge < -0.3 is 29.7 Å². The van der Waals surface area contributed by atoms with Gasteiger partial charge in [-0.3, -0.25) is 9.69 Å². The molecule has 2 aliphatic rings. The number of nitrogens with zero attached hydrogens (tertiary/aromatic N) is 4. The first-order chi connectivity index (χ1) is 26.2. The van der Waals surface area contributed by atoms with Crippen molar-refractivity contribution in [3.8, 4) is 33.6 Å². The Morgan fingerprint density at radius 2 is 1.49 bits per heavy atom. The Kier molecular flexibility index (Phi) is 10.2. The average molecular weight is 746 g/mol. The molecule has 0 spiro atoms. The number of likely N-dealkylation sites (tertiary alicyclic amines) is 2. The number of carbonyl (C=O) groups excluding carboxylic acids is 3. The van der Waals surface area contributed by atoms with E-state index in [1.54, 1.807) is 4.90 Å². The van der Waals surface area contributed by atoms with Crippen LogP contribution in [0.1, 0.15) is 84.9 Å². The van der Waals surface area contributed by atoms with Gasteiger partial charge in [0.2, 0.25) is 5.91 Å². The summed E-state index contributed by atoms with van der Waals surface area (Å²) in [4.78, 5) is 58.6. The number of aromatic nitrogens is 4. The molecule has 3 N–H and O–H groups in total. The van der Waals surface area contributed by atoms with Crippen molar-refractivity contribution >= 4 is 28.9 Å². The SMILES string of the molecule is COC(=O)N[C@H](C(=O)N1CCCC1c1ncc(-c2ccc3cc(-c4ccc(-c5cnc(C6(C)CCCN6C(=O)OC(C)(C)C)[nH]5)cc4)ccc3c2)[nH]1)C(C)C. The van der Waals surface area contributed by atoms with Crippen molar-refractivity contribution in [2.45, 2.75) is 90.4 Å². The molecule has 3 aromatic carbocycles. The van der Waals surface area contributed by atoms with Gasteiger partial charge in [0.1, 0.15) is 28.8 Å². The molecule has 0 saturated carbocycles. The maximum Gasteiger partial charge on any atom is 0.411 e. The highest BCUT2D eigenvalue weighted by Gasteiger charge is 2.45. The van der Waals surface area contributed by atoms with E-state index in [0.29, 0.717) is 13.1 Å². The molecular formula is C43H51N7O5. The lowest BCUT2D eigenvalue weighted by molar-refractivity contribution is -0.135. The summed E-state index contributed by atoms with van der Waals surface area (Å²) in [5.74, 6) is 1.27. The monoisotopic (exact) mass is 745 g/mol. The summed E-state index contributed by atoms with van der Waals surface area (Å²) in [5, 5.41) is 4.93. The van der Waals surface area contributed by atoms with Crippen LogP contribution in [0.15, 0.2) is 73.1 Å². The number of imidazole rings is 2. The van der Waals surface area contributed by atoms with Gasteiger partial charge in [-0.05, 0) is 98.9 Å². The van der Waals surface area contributed by atoms with Crippen LogP contribution in [0, 0.1) is 5.92 Å². The molecule has 3 amide bonds. The molecule has 3 atom stereocenters. The van der Waals surface area contributed by atoms with Crippen LogP contribution in [0.2, 0.25) is 0 Å². The Morgan fingerprint density at radius 3 is 2.18 bits per heavy atom. The van der Waals surface area contributed by atoms with Crippen molar-refractivity contribution < 1.29 is 23.9 Å². The van der Waals surface area contributed by atoms with Crippen LogP contribution in [-0.2, 0) is 19.8 Å². The summed E-state index contributed by atoms with van der Waals surface area (Å²) in [5.41, 5.74) is 4.88. The second kappa shape index (κ2) is 14.9. The summed E-state index contributed by atoms with van der Waals surface area (Å²) < 4.78 is 10.5. The Labute approximate surface area is 322 Å². The predicted octanol–water partition coefficient (Wildman–Crippen LogP) is 8.58. The Bertz CT molecular complexity index is 2200. The second-order valence-electron chi connectivity index (χ2n) is 16.2. The Morgan fingerprint density at radius 1 is 0.855 bits per heavy atom. The van der Waals surface area contributed by atoms with Gasteiger partial charge in [0, 0.05) is 18.7 Å². The number of hydrogen-bond donors (Lipinski definition) is 3. The summed E-state index contributed by atoms with van der Waals surface area (Å²) in [6.45, 7) is 12.8. The largest absolute Gasteiger partial charge is 0.453 e. The van der Waals surface area contributed by atoms with Crippen LogP contribution >= 0.6 is 0 Å². The minimum absolute atomic E-state index is 0.0974. The van der Waals surface area contributed by atoms with Crippen LogP contribution in [0.25, 0.3) is 44.4 Å². The number of amides is 3. The Hall–Kier alpha value is -5.65. The molecule has 2 unspecified atom stereocenters. The number of hydrogen-bond acceptors (Lipinski definition) is 7. The zero-order valence-electron chi connectivity index (χ0n) is 32.7. The third-order valence-corrected chi connectivity index (χ3v) is 10.9. The maximum atomic E-state index is 13.6. The van der Waals surface area contributed by atoms with E-state index in [9.17, 15) is 14.4 Å². The van der Waals surface area contributed by atoms with Crippen molar-refractivity contribution in [3.05, 3.63) is 84.7 Å². The molecule has 5 aromatic rings. The van der Waals surface area contributed by atoms with E-state index in [0.717, 1.165) is 81.7 Å². The quantitative estimate of drug-likeness (QED) is 0.144. The van der Waals surface area contributed by atoms with E-state index < -0.39 is 23.3 Å². The lowest BCUT2D eigenvalue weighted by Crippen LogP contribution is -2.51. The predicted molar refractivity (Wildman–Crippen MR) is 212 cm³/mol. The van der Waals surface area contributed by atoms with Gasteiger partial charge >= 0.3 is 12.2 Å². The van der Waals surface area contributed by atoms with Crippen molar-refractivity contribution in [2.24, 2.45) is 5.92 Å². The molecule has 7 rings (SSSR count). The van der Waals surface area contributed by atoms with Gasteiger partial charge in [-0.2, -0.15) is 0 Å². The number of methoxy groups -OCH3 is 1. The zero-order chi connectivity index (χ0) is 39.1. The smallest absolute Gasteiger partial charge is 0.411 e. The molecule has 2 aromatic heterocycles. The van der Waals surface area contributed by atoms with Gasteiger partial charge in [-0.25, -0.2) is 19.6 Å². The van der Waals surface area contributed by atoms with E-state index in [1.165, 1.54) is 7.11 Å². The molecule has 288 valence electrons. The molecule has 4 heterocycles. The third-order valence-electron chi connectivity index (χ3n) is 10.9. The fourth-order valence-electron chi connectivity index (χ4n) is 7.84. The minimum Gasteiger partial charge on any atom is -0.453 e. The lowest BCUT2D eigenvalue weighted by atomic mass is 9.98. The highest BCUT2D eigenvalue weighted by atomic mass is 16.6. The van der Waals surface area contributed by atoms with Crippen LogP contribution in [-0.4, -0.2) is 79.7 Å². The highest BCUT2D eigenvalue weighted by molar-refractivity contribution is 5.91. The Balaban J connectivity index is 1.04. The number of carbonyl (C=O) groups is 3. The van der Waals surface area contributed by atoms with E-state index in [-0.39, 0.29) is 24.0 Å². The van der Waals surface area contributed by atoms with E-state index in [1.807, 2.05) is 51.9 Å². The van der Waals surface area contributed by atoms with Gasteiger partial charge in [-0.15, -0.1) is 0 Å². The van der Waals surface area contributed by atoms with Crippen molar-refractivity contribution in [3.63, 3.8) is 0 Å². The number of benzene rings is 3. The molecule has 0 aliphatic carbocycles. The molecule has 12 heteroatoms. The van der Waals surface area contributed by atoms with Crippen LogP contribution < -0.4 is 5.32 Å². The van der Waals surface area contributed by atoms with Crippen molar-refractivity contribution in [1.29, 1.82) is 0 Å². The lowest BCUT2D eigenvalue weighted by Gasteiger charge is -2.34. The number of ether oxygens (including phenoxy) is 2. The number of H-pyrrole nitrogens is 2. The topological polar surface area (TPSA) is 146 Å². The highest BCUT2D eigenvalue weighted by Crippen LogP contribution is 2.39. The van der Waals surface area contributed by atoms with Crippen molar-refractivity contribution in [2.75, 3.05) is 20.2 Å². The number of fused-ring (bicyclic) bond motifs is 1. The molecule has 55 heavy (non-hydrogen) atoms. The van der Waals surface area contributed by atoms with Gasteiger partial charge in [-0.1, -0.05) is 62.4 Å². The van der Waals surface area contributed by atoms with Crippen LogP contribution in [0.3, 0.4) is 0 Å². The van der Waals surface area contributed by atoms with E-state index in [2.05, 4.69) is 82.9 Å². The zero-order valence-corrected chi connectivity index (χ0v) is 32.7. The number of rotatable bonds is 8. The average Bonchev–Trinajstić information content (AvgIpc) is 3.99. The molecule has 0 bridgehead atoms. The molecular weight excluding hydrogens is 695 g/mol. The molecule has 2 aliphatic heterocycles. The summed E-state index contributed by atoms with van der Waals surface area (Å²) in [6.07, 6.45) is 6.08. The summed E-state index contributed by atoms with van der Waals surface area (Å²) >= 11 is 0. The van der Waals surface area contributed by atoms with Crippen LogP contribution in [0.5, 0.6) is 0 Å². The second-order valence-corrected chi connectivity index (χ2v) is 16.2. The van der Waals surface area contributed by atoms with Gasteiger partial charge in [0.25, 0.3) is 0 Å².